The molecule has 3 N–H and O–H groups in total. The summed E-state index contributed by atoms with van der Waals surface area (Å²) in [5, 5.41) is 6.87. The Morgan fingerprint density at radius 3 is 3.00 bits per heavy atom. The van der Waals surface area contributed by atoms with Crippen molar-refractivity contribution in [3.05, 3.63) is 36.0 Å². The van der Waals surface area contributed by atoms with Crippen molar-refractivity contribution < 1.29 is 4.79 Å². The monoisotopic (exact) mass is 217 g/mol. The summed E-state index contributed by atoms with van der Waals surface area (Å²) in [4.78, 5) is 14.2. The first-order chi connectivity index (χ1) is 7.81. The molecule has 4 nitrogen and oxygen atoms in total. The van der Waals surface area contributed by atoms with Gasteiger partial charge in [-0.1, -0.05) is 18.2 Å². The van der Waals surface area contributed by atoms with Gasteiger partial charge in [-0.05, 0) is 11.6 Å². The summed E-state index contributed by atoms with van der Waals surface area (Å²) >= 11 is 0. The average Bonchev–Trinajstić information content (AvgIpc) is 2.73. The number of aromatic nitrogens is 1. The maximum Gasteiger partial charge on any atom is 0.233 e. The van der Waals surface area contributed by atoms with Crippen molar-refractivity contribution >= 4 is 16.8 Å². The van der Waals surface area contributed by atoms with Gasteiger partial charge in [-0.2, -0.15) is 0 Å². The molecule has 16 heavy (non-hydrogen) atoms. The van der Waals surface area contributed by atoms with Gasteiger partial charge in [0.15, 0.2) is 0 Å². The molecule has 0 unspecified atom stereocenters. The topological polar surface area (TPSA) is 56.9 Å². The first-order valence-electron chi connectivity index (χ1n) is 5.27. The number of fused-ring (bicyclic) bond motifs is 1. The van der Waals surface area contributed by atoms with Gasteiger partial charge in [0.25, 0.3) is 0 Å². The molecule has 0 saturated heterocycles. The quantitative estimate of drug-likeness (QED) is 0.715. The molecule has 84 valence electrons. The lowest BCUT2D eigenvalue weighted by atomic mass is 10.2. The van der Waals surface area contributed by atoms with Crippen LogP contribution in [0.15, 0.2) is 30.5 Å². The lowest BCUT2D eigenvalue weighted by Gasteiger charge is -2.02. The third-order valence-corrected chi connectivity index (χ3v) is 2.55. The Labute approximate surface area is 94.0 Å². The van der Waals surface area contributed by atoms with Gasteiger partial charge in [-0.25, -0.2) is 0 Å². The number of amides is 1. The number of carbonyl (C=O) groups excluding carboxylic acids is 1. The Bertz CT molecular complexity index is 490. The molecule has 0 bridgehead atoms. The van der Waals surface area contributed by atoms with Crippen LogP contribution in [0.25, 0.3) is 10.9 Å². The van der Waals surface area contributed by atoms with E-state index in [1.54, 1.807) is 7.05 Å². The van der Waals surface area contributed by atoms with Crippen LogP contribution >= 0.6 is 0 Å². The summed E-state index contributed by atoms with van der Waals surface area (Å²) in [5.74, 6) is -0.000147. The van der Waals surface area contributed by atoms with Crippen molar-refractivity contribution in [3.63, 3.8) is 0 Å². The molecule has 0 saturated carbocycles. The number of rotatable bonds is 4. The zero-order valence-corrected chi connectivity index (χ0v) is 9.21. The number of aromatic amines is 1. The van der Waals surface area contributed by atoms with Crippen LogP contribution in [0.3, 0.4) is 0 Å². The molecule has 2 rings (SSSR count). The molecule has 4 heteroatoms. The summed E-state index contributed by atoms with van der Waals surface area (Å²) in [6, 6.07) is 8.12. The fourth-order valence-electron chi connectivity index (χ4n) is 1.68. The Hall–Kier alpha value is -1.81. The Balaban J connectivity index is 2.02. The lowest BCUT2D eigenvalue weighted by molar-refractivity contribution is -0.119. The van der Waals surface area contributed by atoms with Crippen molar-refractivity contribution in [1.29, 1.82) is 0 Å². The number of hydrogen-bond acceptors (Lipinski definition) is 2. The second-order valence-corrected chi connectivity index (χ2v) is 3.64. The number of H-pyrrole nitrogens is 1. The number of hydrogen-bond donors (Lipinski definition) is 3. The predicted octanol–water partition coefficient (Wildman–Crippen LogP) is 1.00. The summed E-state index contributed by atoms with van der Waals surface area (Å²) < 4.78 is 0. The van der Waals surface area contributed by atoms with E-state index in [4.69, 9.17) is 0 Å². The number of benzene rings is 1. The van der Waals surface area contributed by atoms with Crippen molar-refractivity contribution in [2.24, 2.45) is 0 Å². The van der Waals surface area contributed by atoms with E-state index in [0.29, 0.717) is 13.1 Å². The molecule has 0 radical (unpaired) electrons. The number of para-hydroxylation sites is 1. The molecule has 0 spiro atoms. The van der Waals surface area contributed by atoms with Gasteiger partial charge < -0.3 is 15.6 Å². The fraction of sp³-hybridized carbons (Fsp3) is 0.250. The zero-order chi connectivity index (χ0) is 11.4. The van der Waals surface area contributed by atoms with Crippen molar-refractivity contribution in [2.75, 3.05) is 13.6 Å². The number of carbonyl (C=O) groups is 1. The van der Waals surface area contributed by atoms with E-state index in [0.717, 1.165) is 5.52 Å². The standard InChI is InChI=1S/C12H15N3O/c1-13-12(16)8-14-6-9-7-15-11-5-3-2-4-10(9)11/h2-5,7,14-15H,6,8H2,1H3,(H,13,16). The average molecular weight is 217 g/mol. The van der Waals surface area contributed by atoms with Crippen molar-refractivity contribution in [1.82, 2.24) is 15.6 Å². The molecule has 0 atom stereocenters. The highest BCUT2D eigenvalue weighted by atomic mass is 16.1. The third kappa shape index (κ3) is 2.23. The first kappa shape index (κ1) is 10.7. The maximum atomic E-state index is 11.0. The Kier molecular flexibility index (Phi) is 3.22. The largest absolute Gasteiger partial charge is 0.361 e. The highest BCUT2D eigenvalue weighted by molar-refractivity contribution is 5.83. The van der Waals surface area contributed by atoms with Crippen LogP contribution in [0.4, 0.5) is 0 Å². The molecule has 0 aliphatic heterocycles. The van der Waals surface area contributed by atoms with Crippen LogP contribution in [-0.2, 0) is 11.3 Å². The van der Waals surface area contributed by atoms with Gasteiger partial charge in [0.1, 0.15) is 0 Å². The van der Waals surface area contributed by atoms with E-state index in [-0.39, 0.29) is 5.91 Å². The summed E-state index contributed by atoms with van der Waals surface area (Å²) in [6.45, 7) is 1.04. The second kappa shape index (κ2) is 4.81. The minimum absolute atomic E-state index is 0.000147. The molecule has 0 aliphatic carbocycles. The minimum Gasteiger partial charge on any atom is -0.361 e. The van der Waals surface area contributed by atoms with Crippen LogP contribution < -0.4 is 10.6 Å². The van der Waals surface area contributed by atoms with E-state index < -0.39 is 0 Å². The molecule has 2 aromatic rings. The van der Waals surface area contributed by atoms with E-state index in [2.05, 4.69) is 21.7 Å². The van der Waals surface area contributed by atoms with E-state index in [1.807, 2.05) is 24.4 Å². The van der Waals surface area contributed by atoms with E-state index in [1.165, 1.54) is 10.9 Å². The fourth-order valence-corrected chi connectivity index (χ4v) is 1.68. The number of nitrogens with one attached hydrogen (secondary N) is 3. The normalized spacial score (nSPS) is 10.6. The summed E-state index contributed by atoms with van der Waals surface area (Å²) in [6.07, 6.45) is 1.97. The molecule has 0 fully saturated rings. The smallest absolute Gasteiger partial charge is 0.233 e. The van der Waals surface area contributed by atoms with Crippen LogP contribution in [0.1, 0.15) is 5.56 Å². The van der Waals surface area contributed by atoms with Gasteiger partial charge in [-0.3, -0.25) is 4.79 Å². The van der Waals surface area contributed by atoms with E-state index >= 15 is 0 Å². The molecule has 1 heterocycles. The van der Waals surface area contributed by atoms with Gasteiger partial charge in [0.2, 0.25) is 5.91 Å². The molecule has 0 aliphatic rings. The molecular formula is C12H15N3O. The highest BCUT2D eigenvalue weighted by Crippen LogP contribution is 2.16. The minimum atomic E-state index is -0.000147. The van der Waals surface area contributed by atoms with Crippen molar-refractivity contribution in [3.8, 4) is 0 Å². The second-order valence-electron chi connectivity index (χ2n) is 3.64. The van der Waals surface area contributed by atoms with Gasteiger partial charge in [-0.15, -0.1) is 0 Å². The summed E-state index contributed by atoms with van der Waals surface area (Å²) in [7, 11) is 1.63. The molecule has 1 aromatic carbocycles. The molecular weight excluding hydrogens is 202 g/mol. The number of likely N-dealkylation sites (N-methyl/N-ethyl adjacent to an activating group) is 1. The molecule has 1 aromatic heterocycles. The highest BCUT2D eigenvalue weighted by Gasteiger charge is 2.03. The maximum absolute atomic E-state index is 11.0. The zero-order valence-electron chi connectivity index (χ0n) is 9.21. The van der Waals surface area contributed by atoms with Gasteiger partial charge >= 0.3 is 0 Å². The third-order valence-electron chi connectivity index (χ3n) is 2.55. The van der Waals surface area contributed by atoms with E-state index in [9.17, 15) is 4.79 Å². The Morgan fingerprint density at radius 1 is 1.38 bits per heavy atom. The van der Waals surface area contributed by atoms with Gasteiger partial charge in [0.05, 0.1) is 6.54 Å². The van der Waals surface area contributed by atoms with Crippen molar-refractivity contribution in [2.45, 2.75) is 6.54 Å². The lowest BCUT2D eigenvalue weighted by Crippen LogP contribution is -2.30. The van der Waals surface area contributed by atoms with Gasteiger partial charge in [0, 0.05) is 30.7 Å². The predicted molar refractivity (Wildman–Crippen MR) is 64.1 cm³/mol. The molecule has 1 amide bonds. The SMILES string of the molecule is CNC(=O)CNCc1c[nH]c2ccccc12. The first-order valence-corrected chi connectivity index (χ1v) is 5.27. The van der Waals surface area contributed by atoms with Crippen LogP contribution in [-0.4, -0.2) is 24.5 Å². The van der Waals surface area contributed by atoms with Crippen LogP contribution in [0.5, 0.6) is 0 Å². The summed E-state index contributed by atoms with van der Waals surface area (Å²) in [5.41, 5.74) is 2.30. The van der Waals surface area contributed by atoms with Crippen LogP contribution in [0.2, 0.25) is 0 Å². The van der Waals surface area contributed by atoms with Crippen LogP contribution in [0, 0.1) is 0 Å². The Morgan fingerprint density at radius 2 is 2.19 bits per heavy atom.